The van der Waals surface area contributed by atoms with Crippen molar-refractivity contribution in [2.24, 2.45) is 10.2 Å². The minimum absolute atomic E-state index is 0. The summed E-state index contributed by atoms with van der Waals surface area (Å²) in [4.78, 5) is 23.4. The van der Waals surface area contributed by atoms with Crippen LogP contribution in [0.4, 0.5) is 28.7 Å². The molecule has 4 rings (SSSR count). The number of aromatic nitrogens is 4. The maximum atomic E-state index is 12.6. The van der Waals surface area contributed by atoms with E-state index in [0.29, 0.717) is 12.0 Å². The average Bonchev–Trinajstić information content (AvgIpc) is 2.99. The van der Waals surface area contributed by atoms with Crippen LogP contribution in [-0.2, 0) is 33.8 Å². The number of aromatic carboxylic acids is 1. The van der Waals surface area contributed by atoms with Gasteiger partial charge in [0.15, 0.2) is 9.84 Å². The second-order valence-corrected chi connectivity index (χ2v) is 12.8. The second kappa shape index (κ2) is 20.6. The molecule has 2 heterocycles. The van der Waals surface area contributed by atoms with Gasteiger partial charge in [0.1, 0.15) is 5.69 Å². The third-order valence-corrected chi connectivity index (χ3v) is 8.38. The monoisotopic (exact) mass is 781 g/mol. The summed E-state index contributed by atoms with van der Waals surface area (Å²) in [6.45, 7) is -0.889. The minimum atomic E-state index is -5.08. The van der Waals surface area contributed by atoms with E-state index in [1.807, 2.05) is 0 Å². The van der Waals surface area contributed by atoms with Crippen molar-refractivity contribution >= 4 is 78.5 Å². The Morgan fingerprint density at radius 1 is 1.04 bits per heavy atom. The van der Waals surface area contributed by atoms with Gasteiger partial charge in [-0.3, -0.25) is 9.22 Å². The first kappa shape index (κ1) is 45.6. The zero-order valence-corrected chi connectivity index (χ0v) is 34.7. The fourth-order valence-electron chi connectivity index (χ4n) is 3.46. The van der Waals surface area contributed by atoms with Gasteiger partial charge in [0, 0.05) is 11.3 Å². The van der Waals surface area contributed by atoms with Crippen molar-refractivity contribution in [2.45, 2.75) is 9.79 Å². The molecule has 0 bridgehead atoms. The van der Waals surface area contributed by atoms with Crippen LogP contribution in [0, 0.1) is 0 Å². The van der Waals surface area contributed by atoms with E-state index in [2.05, 4.69) is 44.1 Å². The molecule has 0 saturated heterocycles. The average molecular weight is 782 g/mol. The first-order valence-corrected chi connectivity index (χ1v) is 16.2. The van der Waals surface area contributed by atoms with Crippen LogP contribution in [0.15, 0.2) is 80.9 Å². The van der Waals surface area contributed by atoms with Crippen LogP contribution >= 0.6 is 23.6 Å². The number of nitrogens with one attached hydrogen (secondary N) is 1. The van der Waals surface area contributed by atoms with Gasteiger partial charge < -0.3 is 30.8 Å². The predicted octanol–water partition coefficient (Wildman–Crippen LogP) is -8.60. The maximum absolute atomic E-state index is 12.6. The van der Waals surface area contributed by atoms with Gasteiger partial charge in [-0.15, -0.1) is 5.11 Å². The van der Waals surface area contributed by atoms with E-state index in [1.54, 1.807) is 0 Å². The quantitative estimate of drug-likeness (QED) is 0.0138. The van der Waals surface area contributed by atoms with Crippen LogP contribution in [0.1, 0.15) is 10.4 Å². The van der Waals surface area contributed by atoms with Crippen molar-refractivity contribution in [3.8, 4) is 5.95 Å². The van der Waals surface area contributed by atoms with Gasteiger partial charge in [0.05, 0.1) is 63.9 Å². The van der Waals surface area contributed by atoms with E-state index in [9.17, 15) is 36.5 Å². The molecule has 2 aromatic heterocycles. The molecule has 26 heteroatoms. The van der Waals surface area contributed by atoms with Crippen LogP contribution in [0.5, 0.6) is 0 Å². The van der Waals surface area contributed by atoms with Crippen LogP contribution < -0.4 is 115 Å². The molecule has 49 heavy (non-hydrogen) atoms. The van der Waals surface area contributed by atoms with Crippen molar-refractivity contribution in [1.29, 1.82) is 0 Å². The molecule has 0 aliphatic heterocycles. The summed E-state index contributed by atoms with van der Waals surface area (Å²) in [5, 5.41) is 35.8. The number of azo groups is 1. The molecule has 19 nitrogen and oxygen atoms in total. The van der Waals surface area contributed by atoms with E-state index in [-0.39, 0.29) is 144 Å². The molecule has 0 radical (unpaired) electrons. The molecule has 0 spiro atoms. The van der Waals surface area contributed by atoms with Gasteiger partial charge in [-0.05, 0) is 64.0 Å². The number of carboxylic acid groups (broad SMARTS) is 1. The van der Waals surface area contributed by atoms with E-state index in [0.717, 1.165) is 6.07 Å². The summed E-state index contributed by atoms with van der Waals surface area (Å²) in [5.74, 6) is -2.47. The number of benzene rings is 2. The summed E-state index contributed by atoms with van der Waals surface area (Å²) in [6.07, 6.45) is 2.65. The molecule has 4 aromatic rings. The number of carbonyl (C=O) groups excluding carboxylic acids is 1. The smallest absolute Gasteiger partial charge is 0.726 e. The van der Waals surface area contributed by atoms with E-state index < -0.39 is 38.6 Å². The Kier molecular flexibility index (Phi) is 19.2. The second-order valence-electron chi connectivity index (χ2n) is 8.51. The number of halogens is 1. The third-order valence-electron chi connectivity index (χ3n) is 5.42. The zero-order valence-electron chi connectivity index (χ0n) is 25.5. The molecule has 0 amide bonds. The Labute approximate surface area is 353 Å². The number of anilines is 3. The molecule has 0 fully saturated rings. The number of hydrogen-bond donors (Lipinski definition) is 2. The number of nitrogens with two attached hydrogens (primary N) is 1. The van der Waals surface area contributed by atoms with Crippen molar-refractivity contribution in [3.63, 3.8) is 0 Å². The standard InChI is InChI=1S/C23H19ClN8O11S3.3Na/c24-21-27-22(29-23(28-21)32-6-2-3-13(12-32)20(33)34)26-17-10-16(25)19(44-43-42-35)11-18(17)31-30-14-4-1-5-15(9-14)45(36,37)8-7-41-46(38,39)40;;;/h1-6,9-12H,7-8,25H2,(H3-,26,27,28,29,33,34,35,38,39,40);;;/q;3*+1/p-2. The molecule has 0 saturated carbocycles. The Morgan fingerprint density at radius 3 is 2.45 bits per heavy atom. The molecular weight excluding hydrogens is 765 g/mol. The summed E-state index contributed by atoms with van der Waals surface area (Å²) in [6, 6.07) is 10.5. The number of sulfone groups is 1. The first-order valence-electron chi connectivity index (χ1n) is 12.1. The number of pyridine rings is 1. The molecular formula is C23H17ClN8Na3O11S3+. The molecule has 0 atom stereocenters. The van der Waals surface area contributed by atoms with Gasteiger partial charge in [-0.2, -0.15) is 14.4 Å². The third kappa shape index (κ3) is 13.9. The summed E-state index contributed by atoms with van der Waals surface area (Å²) in [5.41, 5.74) is 6.15. The van der Waals surface area contributed by atoms with E-state index >= 15 is 0 Å². The van der Waals surface area contributed by atoms with E-state index in [1.165, 1.54) is 59.4 Å². The van der Waals surface area contributed by atoms with Crippen molar-refractivity contribution in [1.82, 2.24) is 15.0 Å². The number of nitrogens with zero attached hydrogens (tertiary/aromatic N) is 6. The maximum Gasteiger partial charge on any atom is 1.00 e. The van der Waals surface area contributed by atoms with Gasteiger partial charge in [0.2, 0.25) is 10.4 Å². The van der Waals surface area contributed by atoms with Gasteiger partial charge in [-0.1, -0.05) is 6.07 Å². The van der Waals surface area contributed by atoms with E-state index in [4.69, 9.17) is 17.3 Å². The van der Waals surface area contributed by atoms with Gasteiger partial charge >= 0.3 is 106 Å². The Hall–Kier alpha value is -1.39. The molecule has 2 aromatic carbocycles. The molecule has 0 aliphatic rings. The van der Waals surface area contributed by atoms with Gasteiger partial charge in [-0.25, -0.2) is 21.4 Å². The molecule has 242 valence electrons. The SMILES string of the molecule is Nc1cc(Nc2nc(Cl)nc(-[n+]3cccc(C(=O)[O-])c3)n2)c(N=Nc2cccc(S(=O)(=O)CCOS(=O)(=O)[O-])c2)cc1SOO[O-].[Na+].[Na+].[Na+]. The number of carboxylic acids is 1. The Bertz CT molecular complexity index is 2030. The number of carbonyl (C=O) groups is 1. The fourth-order valence-corrected chi connectivity index (χ4v) is 5.55. The largest absolute Gasteiger partial charge is 1.00 e. The Morgan fingerprint density at radius 2 is 1.78 bits per heavy atom. The van der Waals surface area contributed by atoms with Crippen LogP contribution in [-0.4, -0.2) is 54.7 Å². The number of rotatable bonds is 14. The van der Waals surface area contributed by atoms with Crippen LogP contribution in [0.2, 0.25) is 5.28 Å². The zero-order chi connectivity index (χ0) is 33.5. The fraction of sp³-hybridized carbons (Fsp3) is 0.0870. The van der Waals surface area contributed by atoms with Crippen molar-refractivity contribution in [2.75, 3.05) is 23.4 Å². The van der Waals surface area contributed by atoms with Gasteiger partial charge in [0.25, 0.3) is 0 Å². The van der Waals surface area contributed by atoms with Crippen LogP contribution in [0.3, 0.4) is 0 Å². The first-order chi connectivity index (χ1) is 21.7. The topological polar surface area (TPSA) is 288 Å². The summed E-state index contributed by atoms with van der Waals surface area (Å²) < 4.78 is 66.6. The summed E-state index contributed by atoms with van der Waals surface area (Å²) in [7, 11) is -9.18. The molecule has 3 N–H and O–H groups in total. The number of hydrogen-bond acceptors (Lipinski definition) is 19. The predicted molar refractivity (Wildman–Crippen MR) is 151 cm³/mol. The Balaban J connectivity index is 0.00000400. The summed E-state index contributed by atoms with van der Waals surface area (Å²) >= 11 is 6.55. The number of nitrogen functional groups attached to an aromatic ring is 1. The van der Waals surface area contributed by atoms with Crippen molar-refractivity contribution < 1.29 is 143 Å². The normalized spacial score (nSPS) is 11.2. The van der Waals surface area contributed by atoms with Crippen LogP contribution in [0.25, 0.3) is 5.95 Å². The molecule has 0 unspecified atom stereocenters. The molecule has 0 aliphatic carbocycles. The minimum Gasteiger partial charge on any atom is -0.726 e. The van der Waals surface area contributed by atoms with Crippen molar-refractivity contribution in [3.05, 3.63) is 71.8 Å².